The molecule has 0 aromatic rings. The van der Waals surface area contributed by atoms with Gasteiger partial charge in [0.15, 0.2) is 0 Å². The molecule has 1 saturated heterocycles. The van der Waals surface area contributed by atoms with E-state index in [0.29, 0.717) is 12.1 Å². The Labute approximate surface area is 129 Å². The quantitative estimate of drug-likeness (QED) is 0.595. The van der Waals surface area contributed by atoms with Crippen LogP contribution in [0.15, 0.2) is 0 Å². The third kappa shape index (κ3) is 5.20. The summed E-state index contributed by atoms with van der Waals surface area (Å²) in [6.07, 6.45) is 6.42. The highest BCUT2D eigenvalue weighted by molar-refractivity contribution is 5.00. The van der Waals surface area contributed by atoms with Gasteiger partial charge in [-0.2, -0.15) is 0 Å². The van der Waals surface area contributed by atoms with E-state index in [9.17, 15) is 0 Å². The Balaban J connectivity index is 1.80. The van der Waals surface area contributed by atoms with Crippen LogP contribution in [0.25, 0.3) is 0 Å². The molecule has 1 N–H and O–H groups in total. The maximum absolute atomic E-state index is 6.11. The number of hydrogen-bond donors (Lipinski definition) is 1. The van der Waals surface area contributed by atoms with E-state index in [1.807, 2.05) is 0 Å². The normalized spacial score (nSPS) is 29.4. The lowest BCUT2D eigenvalue weighted by Crippen LogP contribution is -2.44. The van der Waals surface area contributed by atoms with Crippen LogP contribution in [0.5, 0.6) is 0 Å². The molecule has 1 aliphatic carbocycles. The maximum atomic E-state index is 6.11. The summed E-state index contributed by atoms with van der Waals surface area (Å²) in [5.41, 5.74) is 0.284. The number of hydrogen-bond acceptors (Lipinski definition) is 4. The third-order valence-corrected chi connectivity index (χ3v) is 4.79. The van der Waals surface area contributed by atoms with E-state index in [0.717, 1.165) is 51.7 Å². The van der Waals surface area contributed by atoms with Gasteiger partial charge in [-0.3, -0.25) is 0 Å². The van der Waals surface area contributed by atoms with Crippen LogP contribution in [0.3, 0.4) is 0 Å². The predicted octanol–water partition coefficient (Wildman–Crippen LogP) is 2.61. The van der Waals surface area contributed by atoms with Crippen molar-refractivity contribution in [3.63, 3.8) is 0 Å². The molecule has 0 aromatic carbocycles. The molecule has 0 spiro atoms. The molecule has 2 rings (SSSR count). The SMILES string of the molecule is COCCCOCCC1(CNC(C)C)CCOC1C1CC1. The van der Waals surface area contributed by atoms with Gasteiger partial charge in [0.1, 0.15) is 0 Å². The molecule has 124 valence electrons. The van der Waals surface area contributed by atoms with E-state index < -0.39 is 0 Å². The Kier molecular flexibility index (Phi) is 6.93. The van der Waals surface area contributed by atoms with Crippen molar-refractivity contribution in [3.05, 3.63) is 0 Å². The first-order valence-corrected chi connectivity index (χ1v) is 8.59. The van der Waals surface area contributed by atoms with Crippen molar-refractivity contribution in [2.75, 3.05) is 40.1 Å². The topological polar surface area (TPSA) is 39.7 Å². The zero-order valence-electron chi connectivity index (χ0n) is 14.0. The molecule has 2 atom stereocenters. The third-order valence-electron chi connectivity index (χ3n) is 4.79. The summed E-state index contributed by atoms with van der Waals surface area (Å²) in [6, 6.07) is 0.532. The molecule has 1 aliphatic heterocycles. The average Bonchev–Trinajstić information content (AvgIpc) is 3.22. The summed E-state index contributed by atoms with van der Waals surface area (Å²) in [6.45, 7) is 8.85. The summed E-state index contributed by atoms with van der Waals surface area (Å²) < 4.78 is 17.0. The molecular formula is C17H33NO3. The van der Waals surface area contributed by atoms with Gasteiger partial charge in [0.2, 0.25) is 0 Å². The zero-order valence-corrected chi connectivity index (χ0v) is 14.0. The summed E-state index contributed by atoms with van der Waals surface area (Å²) in [5.74, 6) is 0.801. The van der Waals surface area contributed by atoms with Gasteiger partial charge in [0, 0.05) is 51.5 Å². The summed E-state index contributed by atoms with van der Waals surface area (Å²) >= 11 is 0. The first-order valence-electron chi connectivity index (χ1n) is 8.59. The van der Waals surface area contributed by atoms with Crippen LogP contribution in [0, 0.1) is 11.3 Å². The molecule has 0 amide bonds. The van der Waals surface area contributed by atoms with Crippen molar-refractivity contribution in [2.24, 2.45) is 11.3 Å². The van der Waals surface area contributed by atoms with Gasteiger partial charge in [0.25, 0.3) is 0 Å². The molecule has 2 unspecified atom stereocenters. The van der Waals surface area contributed by atoms with E-state index in [1.165, 1.54) is 19.3 Å². The number of methoxy groups -OCH3 is 1. The minimum absolute atomic E-state index is 0.284. The smallest absolute Gasteiger partial charge is 0.0673 e. The van der Waals surface area contributed by atoms with E-state index in [-0.39, 0.29) is 5.41 Å². The minimum atomic E-state index is 0.284. The Morgan fingerprint density at radius 1 is 1.24 bits per heavy atom. The first-order chi connectivity index (χ1) is 10.2. The monoisotopic (exact) mass is 299 g/mol. The van der Waals surface area contributed by atoms with Crippen molar-refractivity contribution in [1.82, 2.24) is 5.32 Å². The van der Waals surface area contributed by atoms with Crippen LogP contribution < -0.4 is 5.32 Å². The standard InChI is InChI=1S/C17H33NO3/c1-14(2)18-13-17(7-11-20-10-4-9-19-3)8-12-21-16(17)15-5-6-15/h14-16,18H,4-13H2,1-3H3. The van der Waals surface area contributed by atoms with Crippen LogP contribution in [0.1, 0.15) is 46.0 Å². The van der Waals surface area contributed by atoms with Gasteiger partial charge >= 0.3 is 0 Å². The van der Waals surface area contributed by atoms with Crippen LogP contribution in [0.4, 0.5) is 0 Å². The number of rotatable bonds is 11. The lowest BCUT2D eigenvalue weighted by atomic mass is 9.76. The first kappa shape index (κ1) is 17.2. The van der Waals surface area contributed by atoms with Crippen LogP contribution in [0.2, 0.25) is 0 Å². The molecule has 0 bridgehead atoms. The molecule has 2 aliphatic rings. The van der Waals surface area contributed by atoms with Gasteiger partial charge in [-0.25, -0.2) is 0 Å². The van der Waals surface area contributed by atoms with Gasteiger partial charge in [0.05, 0.1) is 6.10 Å². The largest absolute Gasteiger partial charge is 0.385 e. The number of ether oxygens (including phenoxy) is 3. The molecule has 1 heterocycles. The van der Waals surface area contributed by atoms with Crippen molar-refractivity contribution < 1.29 is 14.2 Å². The molecule has 4 nitrogen and oxygen atoms in total. The van der Waals surface area contributed by atoms with E-state index in [2.05, 4.69) is 19.2 Å². The van der Waals surface area contributed by atoms with E-state index >= 15 is 0 Å². The molecule has 0 aromatic heterocycles. The summed E-state index contributed by atoms with van der Waals surface area (Å²) in [4.78, 5) is 0. The Bertz CT molecular complexity index is 294. The predicted molar refractivity (Wildman–Crippen MR) is 84.6 cm³/mol. The lowest BCUT2D eigenvalue weighted by Gasteiger charge is -2.35. The fraction of sp³-hybridized carbons (Fsp3) is 1.00. The Morgan fingerprint density at radius 2 is 2.05 bits per heavy atom. The zero-order chi connectivity index (χ0) is 15.1. The van der Waals surface area contributed by atoms with Crippen molar-refractivity contribution >= 4 is 0 Å². The van der Waals surface area contributed by atoms with Gasteiger partial charge in [-0.1, -0.05) is 13.8 Å². The fourth-order valence-electron chi connectivity index (χ4n) is 3.38. The Hall–Kier alpha value is -0.160. The molecular weight excluding hydrogens is 266 g/mol. The van der Waals surface area contributed by atoms with Crippen molar-refractivity contribution in [3.8, 4) is 0 Å². The number of nitrogens with one attached hydrogen (secondary N) is 1. The molecule has 1 saturated carbocycles. The molecule has 21 heavy (non-hydrogen) atoms. The summed E-state index contributed by atoms with van der Waals surface area (Å²) in [5, 5.41) is 3.65. The second kappa shape index (κ2) is 8.47. The second-order valence-electron chi connectivity index (χ2n) is 6.99. The van der Waals surface area contributed by atoms with Crippen LogP contribution in [-0.4, -0.2) is 52.2 Å². The highest BCUT2D eigenvalue weighted by Gasteiger charge is 2.50. The maximum Gasteiger partial charge on any atom is 0.0673 e. The van der Waals surface area contributed by atoms with Crippen molar-refractivity contribution in [1.29, 1.82) is 0 Å². The van der Waals surface area contributed by atoms with E-state index in [4.69, 9.17) is 14.2 Å². The highest BCUT2D eigenvalue weighted by Crippen LogP contribution is 2.49. The second-order valence-corrected chi connectivity index (χ2v) is 6.99. The summed E-state index contributed by atoms with van der Waals surface area (Å²) in [7, 11) is 1.74. The van der Waals surface area contributed by atoms with Crippen LogP contribution >= 0.6 is 0 Å². The van der Waals surface area contributed by atoms with E-state index in [1.54, 1.807) is 7.11 Å². The average molecular weight is 299 g/mol. The Morgan fingerprint density at radius 3 is 2.71 bits per heavy atom. The fourth-order valence-corrected chi connectivity index (χ4v) is 3.38. The molecule has 0 radical (unpaired) electrons. The molecule has 2 fully saturated rings. The van der Waals surface area contributed by atoms with Crippen LogP contribution in [-0.2, 0) is 14.2 Å². The highest BCUT2D eigenvalue weighted by atomic mass is 16.5. The minimum Gasteiger partial charge on any atom is -0.385 e. The van der Waals surface area contributed by atoms with Gasteiger partial charge in [-0.05, 0) is 38.0 Å². The van der Waals surface area contributed by atoms with Crippen molar-refractivity contribution in [2.45, 2.75) is 58.1 Å². The lowest BCUT2D eigenvalue weighted by molar-refractivity contribution is 0.00600. The van der Waals surface area contributed by atoms with Gasteiger partial charge in [-0.15, -0.1) is 0 Å². The molecule has 4 heteroatoms. The van der Waals surface area contributed by atoms with Gasteiger partial charge < -0.3 is 19.5 Å².